The van der Waals surface area contributed by atoms with Crippen LogP contribution in [0.15, 0.2) is 0 Å². The zero-order chi connectivity index (χ0) is 3.41. The van der Waals surface area contributed by atoms with Crippen LogP contribution in [0.1, 0.15) is 0 Å². The molecule has 0 rings (SSSR count). The second-order valence-electron chi connectivity index (χ2n) is 0.209. The number of hydrogen-bond donors (Lipinski definition) is 1. The van der Waals surface area contributed by atoms with Crippen molar-refractivity contribution in [2.24, 2.45) is 0 Å². The van der Waals surface area contributed by atoms with Crippen molar-refractivity contribution in [3.05, 3.63) is 0 Å². The van der Waals surface area contributed by atoms with Gasteiger partial charge in [-0.15, -0.1) is 0 Å². The van der Waals surface area contributed by atoms with Gasteiger partial charge in [-0.3, -0.25) is 0 Å². The molecule has 0 bridgehead atoms. The summed E-state index contributed by atoms with van der Waals surface area (Å²) in [4.78, 5) is 7.56. The van der Waals surface area contributed by atoms with E-state index < -0.39 is 9.03 Å². The molecule has 0 aliphatic rings. The van der Waals surface area contributed by atoms with E-state index in [1.807, 2.05) is 0 Å². The SMILES string of the molecule is [B]OPO. The highest BCUT2D eigenvalue weighted by Crippen LogP contribution is 1.94. The topological polar surface area (TPSA) is 29.5 Å². The Balaban J connectivity index is 1.97. The normalized spacial score (nSPS) is 10.2. The predicted octanol–water partition coefficient (Wildman–Crippen LogP) is -0.413. The fraction of sp³-hybridized carbons (Fsp3) is 0. The molecule has 0 fully saturated rings. The van der Waals surface area contributed by atoms with Crippen molar-refractivity contribution < 1.29 is 9.33 Å². The van der Waals surface area contributed by atoms with Crippen LogP contribution in [0, 0.1) is 0 Å². The first-order valence-electron chi connectivity index (χ1n) is 0.663. The van der Waals surface area contributed by atoms with Crippen molar-refractivity contribution in [3.63, 3.8) is 0 Å². The molecule has 0 aromatic carbocycles. The van der Waals surface area contributed by atoms with Crippen molar-refractivity contribution in [2.45, 2.75) is 0 Å². The molecule has 0 saturated carbocycles. The largest absolute Gasteiger partial charge is 0.410 e. The monoisotopic (exact) mass is 76.0 g/mol. The minimum atomic E-state index is -0.582. The molecule has 0 aromatic heterocycles. The summed E-state index contributed by atoms with van der Waals surface area (Å²) < 4.78 is 3.62. The van der Waals surface area contributed by atoms with Gasteiger partial charge in [-0.05, 0) is 0 Å². The van der Waals surface area contributed by atoms with Crippen LogP contribution in [-0.2, 0) is 4.44 Å². The average Bonchev–Trinajstić information content (AvgIpc) is 1.37. The smallest absolute Gasteiger partial charge is 0.291 e. The maximum Gasteiger partial charge on any atom is 0.291 e. The number of hydrogen-bond acceptors (Lipinski definition) is 2. The van der Waals surface area contributed by atoms with Gasteiger partial charge in [0.25, 0.3) is 8.05 Å². The molecule has 0 spiro atoms. The first kappa shape index (κ1) is 4.41. The third kappa shape index (κ3) is 2.41. The maximum atomic E-state index is 7.56. The third-order valence-corrected chi connectivity index (χ3v) is 0.158. The van der Waals surface area contributed by atoms with Crippen LogP contribution in [0.4, 0.5) is 0 Å². The lowest BCUT2D eigenvalue weighted by Gasteiger charge is -1.75. The molecule has 0 amide bonds. The lowest BCUT2D eigenvalue weighted by molar-refractivity contribution is 0.542. The number of rotatable bonds is 1. The molecule has 0 aliphatic carbocycles. The molecule has 0 heterocycles. The van der Waals surface area contributed by atoms with E-state index in [2.05, 4.69) is 12.5 Å². The molecule has 4 heteroatoms. The van der Waals surface area contributed by atoms with Crippen molar-refractivity contribution in [1.29, 1.82) is 0 Å². The molecular formula is H2BO2P. The summed E-state index contributed by atoms with van der Waals surface area (Å²) in [6, 6.07) is 0. The van der Waals surface area contributed by atoms with Gasteiger partial charge < -0.3 is 9.33 Å². The zero-order valence-electron chi connectivity index (χ0n) is 1.93. The Bertz CT molecular complexity index is 8.00. The van der Waals surface area contributed by atoms with E-state index in [9.17, 15) is 0 Å². The maximum absolute atomic E-state index is 7.56. The average molecular weight is 75.8 g/mol. The van der Waals surface area contributed by atoms with E-state index in [1.54, 1.807) is 0 Å². The van der Waals surface area contributed by atoms with E-state index in [0.717, 1.165) is 0 Å². The molecule has 2 radical (unpaired) electrons. The molecule has 0 saturated heterocycles. The summed E-state index contributed by atoms with van der Waals surface area (Å²) in [5, 5.41) is 0. The molecule has 2 nitrogen and oxygen atoms in total. The molecule has 1 N–H and O–H groups in total. The van der Waals surface area contributed by atoms with Gasteiger partial charge in [0, 0.05) is 0 Å². The quantitative estimate of drug-likeness (QED) is 0.339. The van der Waals surface area contributed by atoms with Gasteiger partial charge in [0.1, 0.15) is 9.03 Å². The Morgan fingerprint density at radius 2 is 2.25 bits per heavy atom. The van der Waals surface area contributed by atoms with Gasteiger partial charge in [-0.25, -0.2) is 0 Å². The lowest BCUT2D eigenvalue weighted by Crippen LogP contribution is -1.55. The van der Waals surface area contributed by atoms with Gasteiger partial charge >= 0.3 is 0 Å². The summed E-state index contributed by atoms with van der Waals surface area (Å²) in [6.07, 6.45) is 0. The van der Waals surface area contributed by atoms with Gasteiger partial charge in [0.15, 0.2) is 0 Å². The van der Waals surface area contributed by atoms with E-state index in [4.69, 9.17) is 4.89 Å². The second-order valence-corrected chi connectivity index (χ2v) is 0.627. The van der Waals surface area contributed by atoms with Crippen LogP contribution >= 0.6 is 9.03 Å². The van der Waals surface area contributed by atoms with Crippen molar-refractivity contribution >= 4 is 17.1 Å². The Hall–Kier alpha value is 0.415. The van der Waals surface area contributed by atoms with Crippen molar-refractivity contribution in [1.82, 2.24) is 0 Å². The van der Waals surface area contributed by atoms with Gasteiger partial charge in [0.05, 0.1) is 0 Å². The Kier molecular flexibility index (Phi) is 3.77. The molecule has 4 heavy (non-hydrogen) atoms. The minimum Gasteiger partial charge on any atom is -0.410 e. The Morgan fingerprint density at radius 3 is 2.25 bits per heavy atom. The zero-order valence-corrected chi connectivity index (χ0v) is 2.93. The van der Waals surface area contributed by atoms with Crippen LogP contribution in [-0.4, -0.2) is 12.9 Å². The fourth-order valence-electron chi connectivity index (χ4n) is 0. The van der Waals surface area contributed by atoms with E-state index in [0.29, 0.717) is 0 Å². The summed E-state index contributed by atoms with van der Waals surface area (Å²) in [5.41, 5.74) is 0. The highest BCUT2D eigenvalue weighted by atomic mass is 31.1. The molecule has 0 aliphatic heterocycles. The lowest BCUT2D eigenvalue weighted by atomic mass is 10.6. The van der Waals surface area contributed by atoms with Gasteiger partial charge in [0.2, 0.25) is 0 Å². The van der Waals surface area contributed by atoms with Crippen LogP contribution in [0.3, 0.4) is 0 Å². The summed E-state index contributed by atoms with van der Waals surface area (Å²) in [6.45, 7) is 0. The molecule has 0 aromatic rings. The molecule has 22 valence electrons. The summed E-state index contributed by atoms with van der Waals surface area (Å²) >= 11 is 0. The van der Waals surface area contributed by atoms with Gasteiger partial charge in [-0.1, -0.05) is 0 Å². The van der Waals surface area contributed by atoms with Crippen molar-refractivity contribution in [3.8, 4) is 0 Å². The third-order valence-electron chi connectivity index (χ3n) is 0.0527. The standard InChI is InChI=1S/BH2O2P/c1-3-4-2/h2,4H. The highest BCUT2D eigenvalue weighted by molar-refractivity contribution is 7.26. The van der Waals surface area contributed by atoms with Crippen LogP contribution in [0.5, 0.6) is 0 Å². The molecule has 1 atom stereocenters. The van der Waals surface area contributed by atoms with E-state index in [1.165, 1.54) is 0 Å². The van der Waals surface area contributed by atoms with Crippen LogP contribution in [0.2, 0.25) is 0 Å². The first-order valence-corrected chi connectivity index (χ1v) is 1.52. The summed E-state index contributed by atoms with van der Waals surface area (Å²) in [7, 11) is 3.71. The van der Waals surface area contributed by atoms with Crippen LogP contribution < -0.4 is 0 Å². The highest BCUT2D eigenvalue weighted by Gasteiger charge is 1.54. The second kappa shape index (κ2) is 3.41. The summed E-state index contributed by atoms with van der Waals surface area (Å²) in [5.74, 6) is 0. The predicted molar refractivity (Wildman–Crippen MR) is 17.4 cm³/mol. The van der Waals surface area contributed by atoms with Crippen molar-refractivity contribution in [2.75, 3.05) is 0 Å². The fourth-order valence-corrected chi connectivity index (χ4v) is 0. The molecule has 1 unspecified atom stereocenters. The minimum absolute atomic E-state index is 0.582. The first-order chi connectivity index (χ1) is 1.91. The Morgan fingerprint density at radius 1 is 2.00 bits per heavy atom. The Labute approximate surface area is 27.6 Å². The molecular weight excluding hydrogens is 73.8 g/mol. The van der Waals surface area contributed by atoms with Gasteiger partial charge in [-0.2, -0.15) is 0 Å². The van der Waals surface area contributed by atoms with Crippen LogP contribution in [0.25, 0.3) is 0 Å². The van der Waals surface area contributed by atoms with E-state index in [-0.39, 0.29) is 0 Å². The van der Waals surface area contributed by atoms with E-state index >= 15 is 0 Å².